The van der Waals surface area contributed by atoms with E-state index in [2.05, 4.69) is 15.4 Å². The third-order valence-electron chi connectivity index (χ3n) is 1.65. The number of hydrogen-bond donors (Lipinski definition) is 2. The largest absolute Gasteiger partial charge is 0.326 e. The van der Waals surface area contributed by atoms with Crippen LogP contribution in [0.5, 0.6) is 0 Å². The molecule has 1 aromatic heterocycles. The van der Waals surface area contributed by atoms with Crippen LogP contribution < -0.4 is 5.73 Å². The lowest BCUT2D eigenvalue weighted by molar-refractivity contribution is 0.954. The molecule has 0 aliphatic heterocycles. The van der Waals surface area contributed by atoms with E-state index in [1.807, 2.05) is 18.2 Å². The quantitative estimate of drug-likeness (QED) is 0.615. The van der Waals surface area contributed by atoms with Gasteiger partial charge in [-0.3, -0.25) is 0 Å². The normalized spacial score (nSPS) is 10.6. The molecule has 4 heteroatoms. The standard InChI is InChI=1S/C7H8N4/c8-4-5-2-1-3-6-7(5)10-11-9-6/h1-3H,4,8H2,(H,9,10,11). The van der Waals surface area contributed by atoms with Gasteiger partial charge in [-0.25, -0.2) is 0 Å². The maximum absolute atomic E-state index is 5.49. The Labute approximate surface area is 63.4 Å². The van der Waals surface area contributed by atoms with Gasteiger partial charge in [0.2, 0.25) is 0 Å². The Bertz CT molecular complexity index is 365. The molecule has 1 aromatic carbocycles. The zero-order valence-electron chi connectivity index (χ0n) is 5.91. The van der Waals surface area contributed by atoms with Crippen LogP contribution in [0.15, 0.2) is 18.2 Å². The second-order valence-electron chi connectivity index (χ2n) is 2.31. The van der Waals surface area contributed by atoms with Crippen molar-refractivity contribution in [2.75, 3.05) is 0 Å². The predicted octanol–water partition coefficient (Wildman–Crippen LogP) is 0.417. The van der Waals surface area contributed by atoms with Crippen LogP contribution >= 0.6 is 0 Å². The lowest BCUT2D eigenvalue weighted by Crippen LogP contribution is -1.96. The Morgan fingerprint density at radius 1 is 1.36 bits per heavy atom. The molecule has 4 nitrogen and oxygen atoms in total. The number of fused-ring (bicyclic) bond motifs is 1. The van der Waals surface area contributed by atoms with E-state index >= 15 is 0 Å². The Hall–Kier alpha value is -1.42. The van der Waals surface area contributed by atoms with Crippen LogP contribution in [-0.4, -0.2) is 15.4 Å². The number of aromatic nitrogens is 3. The van der Waals surface area contributed by atoms with E-state index < -0.39 is 0 Å². The van der Waals surface area contributed by atoms with Crippen molar-refractivity contribution in [3.8, 4) is 0 Å². The highest BCUT2D eigenvalue weighted by molar-refractivity contribution is 5.77. The second-order valence-corrected chi connectivity index (χ2v) is 2.31. The first-order chi connectivity index (χ1) is 5.42. The second kappa shape index (κ2) is 2.32. The van der Waals surface area contributed by atoms with E-state index in [1.54, 1.807) is 0 Å². The van der Waals surface area contributed by atoms with Crippen LogP contribution in [0.3, 0.4) is 0 Å². The number of rotatable bonds is 1. The molecular weight excluding hydrogens is 140 g/mol. The van der Waals surface area contributed by atoms with Crippen LogP contribution in [0.4, 0.5) is 0 Å². The number of hydrogen-bond acceptors (Lipinski definition) is 3. The maximum Gasteiger partial charge on any atom is 0.117 e. The average Bonchev–Trinajstić information content (AvgIpc) is 2.50. The van der Waals surface area contributed by atoms with E-state index in [1.165, 1.54) is 0 Å². The summed E-state index contributed by atoms with van der Waals surface area (Å²) in [7, 11) is 0. The Morgan fingerprint density at radius 2 is 2.27 bits per heavy atom. The van der Waals surface area contributed by atoms with Gasteiger partial charge >= 0.3 is 0 Å². The number of benzene rings is 1. The van der Waals surface area contributed by atoms with Gasteiger partial charge in [0, 0.05) is 6.54 Å². The van der Waals surface area contributed by atoms with E-state index in [0.717, 1.165) is 16.6 Å². The van der Waals surface area contributed by atoms with E-state index in [-0.39, 0.29) is 0 Å². The van der Waals surface area contributed by atoms with Crippen molar-refractivity contribution in [2.24, 2.45) is 5.73 Å². The summed E-state index contributed by atoms with van der Waals surface area (Å²) in [4.78, 5) is 0. The molecule has 0 unspecified atom stereocenters. The number of para-hydroxylation sites is 1. The molecule has 2 aromatic rings. The predicted molar refractivity (Wildman–Crippen MR) is 41.8 cm³/mol. The number of H-pyrrole nitrogens is 1. The molecule has 2 rings (SSSR count). The highest BCUT2D eigenvalue weighted by Gasteiger charge is 2.00. The van der Waals surface area contributed by atoms with Crippen LogP contribution in [0.2, 0.25) is 0 Å². The summed E-state index contributed by atoms with van der Waals surface area (Å²) >= 11 is 0. The van der Waals surface area contributed by atoms with Crippen molar-refractivity contribution in [3.63, 3.8) is 0 Å². The Morgan fingerprint density at radius 3 is 3.09 bits per heavy atom. The Balaban J connectivity index is 2.79. The van der Waals surface area contributed by atoms with Crippen LogP contribution in [-0.2, 0) is 6.54 Å². The fraction of sp³-hybridized carbons (Fsp3) is 0.143. The molecule has 0 aliphatic rings. The van der Waals surface area contributed by atoms with E-state index in [9.17, 15) is 0 Å². The summed E-state index contributed by atoms with van der Waals surface area (Å²) < 4.78 is 0. The molecule has 0 bridgehead atoms. The van der Waals surface area contributed by atoms with Crippen molar-refractivity contribution in [2.45, 2.75) is 6.54 Å². The van der Waals surface area contributed by atoms with Gasteiger partial charge in [0.25, 0.3) is 0 Å². The molecule has 0 amide bonds. The maximum atomic E-state index is 5.49. The van der Waals surface area contributed by atoms with Gasteiger partial charge in [0.1, 0.15) is 11.0 Å². The number of nitrogens with one attached hydrogen (secondary N) is 1. The first-order valence-electron chi connectivity index (χ1n) is 3.40. The zero-order chi connectivity index (χ0) is 7.68. The van der Waals surface area contributed by atoms with Crippen LogP contribution in [0.25, 0.3) is 11.0 Å². The number of aromatic amines is 1. The molecule has 0 spiro atoms. The minimum absolute atomic E-state index is 0.504. The monoisotopic (exact) mass is 148 g/mol. The summed E-state index contributed by atoms with van der Waals surface area (Å²) in [5.74, 6) is 0. The van der Waals surface area contributed by atoms with Gasteiger partial charge in [-0.15, -0.1) is 0 Å². The lowest BCUT2D eigenvalue weighted by atomic mass is 10.2. The summed E-state index contributed by atoms with van der Waals surface area (Å²) in [6, 6.07) is 5.77. The smallest absolute Gasteiger partial charge is 0.117 e. The first-order valence-corrected chi connectivity index (χ1v) is 3.40. The topological polar surface area (TPSA) is 67.6 Å². The van der Waals surface area contributed by atoms with Crippen LogP contribution in [0, 0.1) is 0 Å². The fourth-order valence-corrected chi connectivity index (χ4v) is 1.09. The number of nitrogens with two attached hydrogens (primary N) is 1. The minimum atomic E-state index is 0.504. The molecule has 0 saturated carbocycles. The van der Waals surface area contributed by atoms with Crippen molar-refractivity contribution in [1.29, 1.82) is 0 Å². The minimum Gasteiger partial charge on any atom is -0.326 e. The van der Waals surface area contributed by atoms with Gasteiger partial charge < -0.3 is 5.73 Å². The fourth-order valence-electron chi connectivity index (χ4n) is 1.09. The zero-order valence-corrected chi connectivity index (χ0v) is 5.91. The Kier molecular flexibility index (Phi) is 1.33. The van der Waals surface area contributed by atoms with Gasteiger partial charge in [0.05, 0.1) is 0 Å². The summed E-state index contributed by atoms with van der Waals surface area (Å²) in [5, 5.41) is 10.5. The molecule has 0 radical (unpaired) electrons. The molecule has 3 N–H and O–H groups in total. The van der Waals surface area contributed by atoms with E-state index in [0.29, 0.717) is 6.54 Å². The molecule has 1 heterocycles. The SMILES string of the molecule is NCc1cccc2n[nH]nc12. The molecule has 0 atom stereocenters. The van der Waals surface area contributed by atoms with Gasteiger partial charge in [0.15, 0.2) is 0 Å². The van der Waals surface area contributed by atoms with Crippen molar-refractivity contribution in [1.82, 2.24) is 15.4 Å². The first kappa shape index (κ1) is 6.30. The van der Waals surface area contributed by atoms with Crippen LogP contribution in [0.1, 0.15) is 5.56 Å². The summed E-state index contributed by atoms with van der Waals surface area (Å²) in [6.45, 7) is 0.504. The van der Waals surface area contributed by atoms with Crippen molar-refractivity contribution in [3.05, 3.63) is 23.8 Å². The molecular formula is C7H8N4. The van der Waals surface area contributed by atoms with Gasteiger partial charge in [-0.1, -0.05) is 12.1 Å². The number of nitrogens with zero attached hydrogens (tertiary/aromatic N) is 2. The summed E-state index contributed by atoms with van der Waals surface area (Å²) in [5.41, 5.74) is 8.26. The van der Waals surface area contributed by atoms with Gasteiger partial charge in [-0.05, 0) is 11.6 Å². The molecule has 11 heavy (non-hydrogen) atoms. The average molecular weight is 148 g/mol. The molecule has 0 fully saturated rings. The summed E-state index contributed by atoms with van der Waals surface area (Å²) in [6.07, 6.45) is 0. The highest BCUT2D eigenvalue weighted by Crippen LogP contribution is 2.11. The highest BCUT2D eigenvalue weighted by atomic mass is 15.3. The third kappa shape index (κ3) is 0.877. The van der Waals surface area contributed by atoms with Gasteiger partial charge in [-0.2, -0.15) is 15.4 Å². The molecule has 0 saturated heterocycles. The lowest BCUT2D eigenvalue weighted by Gasteiger charge is -1.93. The van der Waals surface area contributed by atoms with Crippen molar-refractivity contribution >= 4 is 11.0 Å². The molecule has 56 valence electrons. The van der Waals surface area contributed by atoms with E-state index in [4.69, 9.17) is 5.73 Å². The van der Waals surface area contributed by atoms with Crippen molar-refractivity contribution < 1.29 is 0 Å². The third-order valence-corrected chi connectivity index (χ3v) is 1.65. The molecule has 0 aliphatic carbocycles.